The van der Waals surface area contributed by atoms with Gasteiger partial charge in [0, 0.05) is 4.88 Å². The van der Waals surface area contributed by atoms with Gasteiger partial charge >= 0.3 is 0 Å². The lowest BCUT2D eigenvalue weighted by molar-refractivity contribution is 1.52. The van der Waals surface area contributed by atoms with Crippen molar-refractivity contribution in [1.82, 2.24) is 0 Å². The monoisotopic (exact) mass is 491 g/mol. The van der Waals surface area contributed by atoms with Crippen molar-refractivity contribution < 1.29 is 0 Å². The van der Waals surface area contributed by atoms with Gasteiger partial charge in [0.2, 0.25) is 0 Å². The Bertz CT molecular complexity index is 856. The smallest absolute Gasteiger partial charge is 0.110 e. The molecule has 0 fully saturated rings. The van der Waals surface area contributed by atoms with E-state index in [0.29, 0.717) is 0 Å². The van der Waals surface area contributed by atoms with Crippen molar-refractivity contribution in [3.05, 3.63) is 51.5 Å². The van der Waals surface area contributed by atoms with Gasteiger partial charge in [-0.2, -0.15) is 5.26 Å². The van der Waals surface area contributed by atoms with Crippen LogP contribution in [0.4, 0.5) is 0 Å². The van der Waals surface area contributed by atoms with E-state index in [-0.39, 0.29) is 0 Å². The third kappa shape index (κ3) is 4.20. The molecule has 1 aromatic heterocycles. The lowest BCUT2D eigenvalue weighted by Crippen LogP contribution is -1.70. The fraction of sp³-hybridized carbons (Fsp3) is 0.133. The molecular formula is C15H9NS9. The maximum atomic E-state index is 8.95. The van der Waals surface area contributed by atoms with E-state index in [0.717, 1.165) is 9.75 Å². The molecule has 0 saturated heterocycles. The van der Waals surface area contributed by atoms with Crippen LogP contribution in [-0.4, -0.2) is 12.5 Å². The molecule has 0 saturated carbocycles. The molecule has 0 unspecified atom stereocenters. The Hall–Kier alpha value is 0.950. The summed E-state index contributed by atoms with van der Waals surface area (Å²) in [5.41, 5.74) is 0. The van der Waals surface area contributed by atoms with Crippen LogP contribution >= 0.6 is 105 Å². The minimum absolute atomic E-state index is 0.771. The van der Waals surface area contributed by atoms with Crippen LogP contribution in [0.2, 0.25) is 0 Å². The van der Waals surface area contributed by atoms with Crippen LogP contribution in [0.3, 0.4) is 0 Å². The highest BCUT2D eigenvalue weighted by Gasteiger charge is 2.34. The summed E-state index contributed by atoms with van der Waals surface area (Å²) in [5.74, 6) is 0. The lowest BCUT2D eigenvalue weighted by atomic mass is 10.4. The Morgan fingerprint density at radius 3 is 1.92 bits per heavy atom. The van der Waals surface area contributed by atoms with Gasteiger partial charge in [0.05, 0.1) is 29.7 Å². The molecule has 4 heterocycles. The molecule has 1 nitrogen and oxygen atoms in total. The maximum Gasteiger partial charge on any atom is 0.110 e. The van der Waals surface area contributed by atoms with Crippen LogP contribution in [0, 0.1) is 11.3 Å². The fourth-order valence-electron chi connectivity index (χ4n) is 1.96. The summed E-state index contributed by atoms with van der Waals surface area (Å²) < 4.78 is 9.84. The first-order valence-electron chi connectivity index (χ1n) is 6.79. The van der Waals surface area contributed by atoms with Crippen molar-refractivity contribution in [1.29, 1.82) is 5.26 Å². The molecule has 25 heavy (non-hydrogen) atoms. The predicted molar refractivity (Wildman–Crippen MR) is 131 cm³/mol. The zero-order valence-corrected chi connectivity index (χ0v) is 20.2. The molecule has 0 atom stereocenters. The second-order valence-electron chi connectivity index (χ2n) is 4.52. The summed E-state index contributed by atoms with van der Waals surface area (Å²) in [4.78, 5) is 1.93. The third-order valence-electron chi connectivity index (χ3n) is 3.00. The summed E-state index contributed by atoms with van der Waals surface area (Å²) >= 11 is 16.6. The number of hydrogen-bond donors (Lipinski definition) is 0. The van der Waals surface area contributed by atoms with Gasteiger partial charge in [0.25, 0.3) is 0 Å². The molecule has 0 radical (unpaired) electrons. The minimum Gasteiger partial charge on any atom is -0.192 e. The number of thiophene rings is 1. The zero-order valence-electron chi connectivity index (χ0n) is 12.9. The molecule has 0 bridgehead atoms. The van der Waals surface area contributed by atoms with Gasteiger partial charge in [-0.25, -0.2) is 0 Å². The van der Waals surface area contributed by atoms with Gasteiger partial charge in [0.1, 0.15) is 10.9 Å². The molecule has 0 aliphatic carbocycles. The average Bonchev–Trinajstić information content (AvgIpc) is 3.36. The van der Waals surface area contributed by atoms with E-state index in [1.807, 2.05) is 106 Å². The van der Waals surface area contributed by atoms with E-state index >= 15 is 0 Å². The van der Waals surface area contributed by atoms with Crippen LogP contribution in [0.15, 0.2) is 41.8 Å². The van der Waals surface area contributed by atoms with E-state index in [9.17, 15) is 0 Å². The third-order valence-corrected chi connectivity index (χ3v) is 15.2. The number of nitriles is 1. The average molecular weight is 492 g/mol. The number of thioether (sulfide) groups is 8. The van der Waals surface area contributed by atoms with Crippen LogP contribution in [0.25, 0.3) is 6.08 Å². The van der Waals surface area contributed by atoms with Crippen LogP contribution in [-0.2, 0) is 0 Å². The first kappa shape index (κ1) is 19.3. The summed E-state index contributed by atoms with van der Waals surface area (Å²) in [5, 5.41) is 8.95. The zero-order chi connectivity index (χ0) is 17.4. The number of nitrogens with zero attached hydrogens (tertiary/aromatic N) is 1. The van der Waals surface area contributed by atoms with E-state index < -0.39 is 0 Å². The van der Waals surface area contributed by atoms with Gasteiger partial charge in [-0.05, 0) is 30.7 Å². The highest BCUT2D eigenvalue weighted by atomic mass is 32.3. The van der Waals surface area contributed by atoms with Crippen molar-refractivity contribution in [3.63, 3.8) is 0 Å². The molecule has 0 amide bonds. The molecule has 0 spiro atoms. The van der Waals surface area contributed by atoms with Gasteiger partial charge in [-0.3, -0.25) is 0 Å². The molecule has 3 aliphatic heterocycles. The highest BCUT2D eigenvalue weighted by molar-refractivity contribution is 8.49. The van der Waals surface area contributed by atoms with Crippen molar-refractivity contribution in [2.75, 3.05) is 12.5 Å². The Kier molecular flexibility index (Phi) is 6.58. The Balaban J connectivity index is 1.44. The molecule has 128 valence electrons. The maximum absolute atomic E-state index is 8.95. The second kappa shape index (κ2) is 8.53. The van der Waals surface area contributed by atoms with Crippen molar-refractivity contribution >= 4 is 112 Å². The summed E-state index contributed by atoms with van der Waals surface area (Å²) in [7, 11) is 0. The van der Waals surface area contributed by atoms with Gasteiger partial charge in [-0.15, -0.1) is 34.9 Å². The summed E-state index contributed by atoms with van der Waals surface area (Å²) in [6, 6.07) is 6.12. The van der Waals surface area contributed by atoms with Crippen molar-refractivity contribution in [2.45, 2.75) is 0 Å². The Morgan fingerprint density at radius 2 is 1.40 bits per heavy atom. The normalized spacial score (nSPS) is 20.0. The first-order chi connectivity index (χ1) is 12.2. The number of rotatable bonds is 3. The van der Waals surface area contributed by atoms with Gasteiger partial charge < -0.3 is 0 Å². The van der Waals surface area contributed by atoms with Crippen molar-refractivity contribution in [3.8, 4) is 6.07 Å². The summed E-state index contributed by atoms with van der Waals surface area (Å²) in [6.45, 7) is 0. The molecule has 3 aliphatic rings. The topological polar surface area (TPSA) is 23.8 Å². The minimum atomic E-state index is 0.771. The molecule has 1 aromatic rings. The number of hydrogen-bond acceptors (Lipinski definition) is 10. The molecular weight excluding hydrogens is 483 g/mol. The van der Waals surface area contributed by atoms with E-state index in [2.05, 4.69) is 24.7 Å². The van der Waals surface area contributed by atoms with Gasteiger partial charge in [-0.1, -0.05) is 70.6 Å². The second-order valence-corrected chi connectivity index (χ2v) is 15.3. The molecule has 0 N–H and O–H groups in total. The van der Waals surface area contributed by atoms with Crippen LogP contribution in [0.5, 0.6) is 0 Å². The largest absolute Gasteiger partial charge is 0.192 e. The summed E-state index contributed by atoms with van der Waals surface area (Å²) in [6.07, 6.45) is 6.52. The lowest BCUT2D eigenvalue weighted by Gasteiger charge is -2.05. The SMILES string of the molecule is CSC1=C(SC)SC(=C2SC3=C(SC(=Cc4ccc(C#N)s4)S3)S2)S1. The highest BCUT2D eigenvalue weighted by Crippen LogP contribution is 2.70. The molecule has 10 heteroatoms. The van der Waals surface area contributed by atoms with Crippen LogP contribution < -0.4 is 0 Å². The molecule has 4 rings (SSSR count). The van der Waals surface area contributed by atoms with Crippen LogP contribution in [0.1, 0.15) is 9.75 Å². The van der Waals surface area contributed by atoms with Gasteiger partial charge in [0.15, 0.2) is 0 Å². The fourth-order valence-corrected chi connectivity index (χ4v) is 14.4. The molecule has 0 aromatic carbocycles. The first-order valence-corrected chi connectivity index (χ1v) is 15.0. The Morgan fingerprint density at radius 1 is 0.840 bits per heavy atom. The van der Waals surface area contributed by atoms with E-state index in [1.165, 1.54) is 29.7 Å². The predicted octanol–water partition coefficient (Wildman–Crippen LogP) is 8.46. The quantitative estimate of drug-likeness (QED) is 0.412. The van der Waals surface area contributed by atoms with E-state index in [1.54, 1.807) is 11.3 Å². The van der Waals surface area contributed by atoms with Crippen molar-refractivity contribution in [2.24, 2.45) is 0 Å². The standard InChI is InChI=1S/C15H9NS9/c1-17-10-11(18-2)23-14(22-10)15-24-12-13(25-15)21-9(20-12)5-7-3-4-8(6-16)19-7/h3-5H,1-2H3. The Labute approximate surface area is 185 Å². The van der Waals surface area contributed by atoms with E-state index in [4.69, 9.17) is 5.26 Å².